The number of rotatable bonds is 6. The highest BCUT2D eigenvalue weighted by molar-refractivity contribution is 6.02. The Morgan fingerprint density at radius 3 is 2.17 bits per heavy atom. The van der Waals surface area contributed by atoms with Crippen LogP contribution in [0.5, 0.6) is 0 Å². The van der Waals surface area contributed by atoms with Crippen molar-refractivity contribution in [2.24, 2.45) is 5.41 Å². The van der Waals surface area contributed by atoms with Gasteiger partial charge in [-0.2, -0.15) is 5.26 Å². The molecule has 2 aromatic rings. The van der Waals surface area contributed by atoms with E-state index in [2.05, 4.69) is 5.32 Å². The van der Waals surface area contributed by atoms with Crippen molar-refractivity contribution in [1.29, 1.82) is 5.26 Å². The summed E-state index contributed by atoms with van der Waals surface area (Å²) in [6.45, 7) is 6.86. The van der Waals surface area contributed by atoms with Crippen LogP contribution in [0.2, 0.25) is 0 Å². The normalized spacial score (nSPS) is 11.4. The molecule has 0 saturated heterocycles. The first-order chi connectivity index (χ1) is 14.1. The zero-order chi connectivity index (χ0) is 22.3. The fourth-order valence-electron chi connectivity index (χ4n) is 2.32. The van der Waals surface area contributed by atoms with Gasteiger partial charge in [0, 0.05) is 16.7 Å². The Hall–Kier alpha value is -3.72. The summed E-state index contributed by atoms with van der Waals surface area (Å²) >= 11 is 0. The number of ether oxygens (including phenoxy) is 1. The second-order valence-corrected chi connectivity index (χ2v) is 7.86. The molecule has 0 aliphatic carbocycles. The number of esters is 1. The second-order valence-electron chi connectivity index (χ2n) is 7.86. The van der Waals surface area contributed by atoms with Gasteiger partial charge < -0.3 is 10.1 Å². The molecule has 0 heterocycles. The van der Waals surface area contributed by atoms with Crippen molar-refractivity contribution in [3.05, 3.63) is 70.8 Å². The van der Waals surface area contributed by atoms with Gasteiger partial charge in [-0.05, 0) is 42.8 Å². The smallest absolute Gasteiger partial charge is 0.349 e. The number of carbonyl (C=O) groups is 3. The molecule has 0 aromatic heterocycles. The highest BCUT2D eigenvalue weighted by atomic mass is 16.5. The Balaban J connectivity index is 1.97. The van der Waals surface area contributed by atoms with Crippen LogP contribution in [0.1, 0.15) is 42.3 Å². The Labute approximate surface area is 176 Å². The summed E-state index contributed by atoms with van der Waals surface area (Å²) in [5.41, 5.74) is 1.92. The Kier molecular flexibility index (Phi) is 7.27. The van der Waals surface area contributed by atoms with Crippen LogP contribution in [0.4, 0.5) is 5.69 Å². The molecule has 6 heteroatoms. The highest BCUT2D eigenvalue weighted by Gasteiger charge is 2.21. The topological polar surface area (TPSA) is 96.3 Å². The number of anilines is 1. The van der Waals surface area contributed by atoms with Crippen molar-refractivity contribution in [3.63, 3.8) is 0 Å². The van der Waals surface area contributed by atoms with Crippen LogP contribution < -0.4 is 5.32 Å². The van der Waals surface area contributed by atoms with E-state index in [4.69, 9.17) is 4.74 Å². The maximum atomic E-state index is 12.3. The minimum Gasteiger partial charge on any atom is -0.453 e. The molecule has 154 valence electrons. The summed E-state index contributed by atoms with van der Waals surface area (Å²) in [5, 5.41) is 12.0. The lowest BCUT2D eigenvalue weighted by Crippen LogP contribution is -2.27. The minimum absolute atomic E-state index is 0.139. The molecular weight excluding hydrogens is 380 g/mol. The van der Waals surface area contributed by atoms with E-state index in [9.17, 15) is 19.6 Å². The summed E-state index contributed by atoms with van der Waals surface area (Å²) in [6.07, 6.45) is 1.42. The van der Waals surface area contributed by atoms with E-state index >= 15 is 0 Å². The van der Waals surface area contributed by atoms with Gasteiger partial charge in [-0.1, -0.05) is 50.6 Å². The minimum atomic E-state index is -0.861. The van der Waals surface area contributed by atoms with Gasteiger partial charge in [-0.3, -0.25) is 9.59 Å². The number of Topliss-reactive ketones (excluding diaryl/α,β-unsaturated/α-hetero) is 1. The Bertz CT molecular complexity index is 1010. The molecule has 30 heavy (non-hydrogen) atoms. The van der Waals surface area contributed by atoms with Crippen LogP contribution in [-0.4, -0.2) is 24.3 Å². The maximum Gasteiger partial charge on any atom is 0.349 e. The van der Waals surface area contributed by atoms with Crippen molar-refractivity contribution < 1.29 is 19.1 Å². The third-order valence-corrected chi connectivity index (χ3v) is 4.21. The number of benzene rings is 2. The molecule has 2 aromatic carbocycles. The number of carbonyl (C=O) groups excluding carboxylic acids is 3. The van der Waals surface area contributed by atoms with Gasteiger partial charge >= 0.3 is 5.97 Å². The second kappa shape index (κ2) is 9.66. The number of nitriles is 1. The zero-order valence-corrected chi connectivity index (χ0v) is 17.5. The van der Waals surface area contributed by atoms with E-state index in [-0.39, 0.29) is 11.5 Å². The molecule has 0 aliphatic rings. The lowest BCUT2D eigenvalue weighted by atomic mass is 9.95. The lowest BCUT2D eigenvalue weighted by molar-refractivity contribution is -0.137. The molecule has 2 rings (SSSR count). The Morgan fingerprint density at radius 2 is 1.63 bits per heavy atom. The fraction of sp³-hybridized carbons (Fsp3) is 0.250. The monoisotopic (exact) mass is 404 g/mol. The van der Waals surface area contributed by atoms with Crippen molar-refractivity contribution in [2.45, 2.75) is 27.7 Å². The van der Waals surface area contributed by atoms with Crippen molar-refractivity contribution >= 4 is 29.4 Å². The van der Waals surface area contributed by atoms with Crippen LogP contribution in [0, 0.1) is 23.7 Å². The van der Waals surface area contributed by atoms with Gasteiger partial charge in [-0.15, -0.1) is 0 Å². The summed E-state index contributed by atoms with van der Waals surface area (Å²) < 4.78 is 5.00. The molecule has 6 nitrogen and oxygen atoms in total. The van der Waals surface area contributed by atoms with E-state index in [0.717, 1.165) is 5.56 Å². The van der Waals surface area contributed by atoms with Crippen LogP contribution in [0.25, 0.3) is 6.08 Å². The van der Waals surface area contributed by atoms with Crippen LogP contribution in [0.3, 0.4) is 0 Å². The van der Waals surface area contributed by atoms with Gasteiger partial charge in [0.1, 0.15) is 11.6 Å². The third kappa shape index (κ3) is 6.42. The molecule has 0 spiro atoms. The molecular formula is C24H24N2O4. The summed E-state index contributed by atoms with van der Waals surface area (Å²) in [4.78, 5) is 36.4. The average Bonchev–Trinajstić information content (AvgIpc) is 2.71. The SMILES string of the molecule is Cc1ccc(/C=C(\C#N)C(=O)OCC(=O)c2ccc(NC(=O)C(C)(C)C)cc2)cc1. The number of nitrogens with zero attached hydrogens (tertiary/aromatic N) is 1. The summed E-state index contributed by atoms with van der Waals surface area (Å²) in [5.74, 6) is -1.41. The lowest BCUT2D eigenvalue weighted by Gasteiger charge is -2.17. The molecule has 0 aliphatic heterocycles. The number of aryl methyl sites for hydroxylation is 1. The van der Waals surface area contributed by atoms with Crippen molar-refractivity contribution in [1.82, 2.24) is 0 Å². The summed E-state index contributed by atoms with van der Waals surface area (Å²) in [6, 6.07) is 15.4. The van der Waals surface area contributed by atoms with Gasteiger partial charge in [0.2, 0.25) is 5.91 Å². The van der Waals surface area contributed by atoms with Gasteiger partial charge in [0.05, 0.1) is 0 Å². The third-order valence-electron chi connectivity index (χ3n) is 4.21. The van der Waals surface area contributed by atoms with Crippen LogP contribution in [0.15, 0.2) is 54.1 Å². The molecule has 0 bridgehead atoms. The molecule has 0 atom stereocenters. The highest BCUT2D eigenvalue weighted by Crippen LogP contribution is 2.18. The van der Waals surface area contributed by atoms with Gasteiger partial charge in [0.25, 0.3) is 0 Å². The van der Waals surface area contributed by atoms with E-state index in [1.807, 2.05) is 19.1 Å². The van der Waals surface area contributed by atoms with Crippen molar-refractivity contribution in [2.75, 3.05) is 11.9 Å². The fourth-order valence-corrected chi connectivity index (χ4v) is 2.32. The first kappa shape index (κ1) is 22.6. The number of nitrogens with one attached hydrogen (secondary N) is 1. The summed E-state index contributed by atoms with van der Waals surface area (Å²) in [7, 11) is 0. The molecule has 1 N–H and O–H groups in total. The van der Waals surface area contributed by atoms with Crippen LogP contribution >= 0.6 is 0 Å². The Morgan fingerprint density at radius 1 is 1.03 bits per heavy atom. The van der Waals surface area contributed by atoms with Gasteiger partial charge in [-0.25, -0.2) is 4.79 Å². The molecule has 0 fully saturated rings. The molecule has 0 unspecified atom stereocenters. The quantitative estimate of drug-likeness (QED) is 0.335. The van der Waals surface area contributed by atoms with Crippen LogP contribution in [-0.2, 0) is 14.3 Å². The van der Waals surface area contributed by atoms with Crippen molar-refractivity contribution in [3.8, 4) is 6.07 Å². The first-order valence-corrected chi connectivity index (χ1v) is 9.40. The van der Waals surface area contributed by atoms with E-state index in [1.165, 1.54) is 6.08 Å². The standard InChI is InChI=1S/C24H24N2O4/c1-16-5-7-17(8-6-16)13-19(14-25)22(28)30-15-21(27)18-9-11-20(12-10-18)26-23(29)24(2,3)4/h5-13H,15H2,1-4H3,(H,26,29)/b19-13+. The number of ketones is 1. The average molecular weight is 404 g/mol. The first-order valence-electron chi connectivity index (χ1n) is 9.40. The van der Waals surface area contributed by atoms with E-state index < -0.39 is 23.8 Å². The predicted molar refractivity (Wildman–Crippen MR) is 115 cm³/mol. The number of hydrogen-bond donors (Lipinski definition) is 1. The largest absolute Gasteiger partial charge is 0.453 e. The maximum absolute atomic E-state index is 12.3. The number of amides is 1. The van der Waals surface area contributed by atoms with E-state index in [1.54, 1.807) is 63.2 Å². The molecule has 0 saturated carbocycles. The number of hydrogen-bond acceptors (Lipinski definition) is 5. The van der Waals surface area contributed by atoms with E-state index in [0.29, 0.717) is 16.8 Å². The predicted octanol–water partition coefficient (Wildman–Crippen LogP) is 4.31. The molecule has 0 radical (unpaired) electrons. The van der Waals surface area contributed by atoms with Gasteiger partial charge in [0.15, 0.2) is 12.4 Å². The zero-order valence-electron chi connectivity index (χ0n) is 17.5. The molecule has 1 amide bonds.